The molecule has 110 valence electrons. The second-order valence-corrected chi connectivity index (χ2v) is 6.28. The number of carbonyl (C=O) groups excluding carboxylic acids is 1. The number of carbonyl (C=O) groups is 1. The van der Waals surface area contributed by atoms with E-state index in [1.807, 2.05) is 19.1 Å². The topological polar surface area (TPSA) is 38.3 Å². The molecule has 0 heterocycles. The number of halogens is 3. The van der Waals surface area contributed by atoms with Crippen LogP contribution in [0.1, 0.15) is 17.3 Å². The highest BCUT2D eigenvalue weighted by molar-refractivity contribution is 9.10. The van der Waals surface area contributed by atoms with E-state index in [0.29, 0.717) is 33.1 Å². The average Bonchev–Trinajstić information content (AvgIpc) is 2.43. The van der Waals surface area contributed by atoms with Crippen LogP contribution in [-0.2, 0) is 0 Å². The molecule has 0 bridgehead atoms. The summed E-state index contributed by atoms with van der Waals surface area (Å²) in [5.74, 6) is 0.319. The summed E-state index contributed by atoms with van der Waals surface area (Å²) in [6.07, 6.45) is 0. The molecular weight excluding hydrogens is 421 g/mol. The fourth-order valence-corrected chi connectivity index (χ4v) is 3.17. The maximum absolute atomic E-state index is 12.4. The Kier molecular flexibility index (Phi) is 5.67. The molecule has 0 spiro atoms. The van der Waals surface area contributed by atoms with Crippen molar-refractivity contribution in [1.29, 1.82) is 0 Å². The Labute approximate surface area is 144 Å². The summed E-state index contributed by atoms with van der Waals surface area (Å²) in [6.45, 7) is 2.36. The number of amides is 1. The van der Waals surface area contributed by atoms with Crippen LogP contribution >= 0.6 is 43.5 Å². The summed E-state index contributed by atoms with van der Waals surface area (Å²) in [5, 5.41) is 3.33. The zero-order chi connectivity index (χ0) is 15.4. The minimum Gasteiger partial charge on any atom is -0.491 e. The Balaban J connectivity index is 2.35. The molecule has 1 amide bonds. The third kappa shape index (κ3) is 3.99. The van der Waals surface area contributed by atoms with Gasteiger partial charge in [0.15, 0.2) is 5.75 Å². The summed E-state index contributed by atoms with van der Waals surface area (Å²) in [5.41, 5.74) is 1.06. The van der Waals surface area contributed by atoms with Gasteiger partial charge in [-0.25, -0.2) is 0 Å². The third-order valence-electron chi connectivity index (χ3n) is 2.66. The van der Waals surface area contributed by atoms with E-state index in [9.17, 15) is 4.79 Å². The number of benzene rings is 2. The van der Waals surface area contributed by atoms with Gasteiger partial charge in [0.25, 0.3) is 5.91 Å². The Morgan fingerprint density at radius 3 is 2.62 bits per heavy atom. The van der Waals surface area contributed by atoms with E-state index in [0.717, 1.165) is 4.47 Å². The van der Waals surface area contributed by atoms with Crippen molar-refractivity contribution < 1.29 is 9.53 Å². The van der Waals surface area contributed by atoms with Crippen molar-refractivity contribution in [3.63, 3.8) is 0 Å². The van der Waals surface area contributed by atoms with Crippen molar-refractivity contribution in [1.82, 2.24) is 0 Å². The fraction of sp³-hybridized carbons (Fsp3) is 0.133. The van der Waals surface area contributed by atoms with Gasteiger partial charge in [-0.2, -0.15) is 0 Å². The summed E-state index contributed by atoms with van der Waals surface area (Å²) in [7, 11) is 0. The van der Waals surface area contributed by atoms with E-state index in [1.54, 1.807) is 24.3 Å². The molecule has 0 unspecified atom stereocenters. The normalized spacial score (nSPS) is 10.3. The Bertz CT molecular complexity index is 677. The van der Waals surface area contributed by atoms with E-state index in [-0.39, 0.29) is 5.91 Å². The molecule has 2 rings (SSSR count). The highest BCUT2D eigenvalue weighted by atomic mass is 79.9. The van der Waals surface area contributed by atoms with Gasteiger partial charge < -0.3 is 10.1 Å². The van der Waals surface area contributed by atoms with Gasteiger partial charge in [0.2, 0.25) is 0 Å². The van der Waals surface area contributed by atoms with E-state index >= 15 is 0 Å². The fourth-order valence-electron chi connectivity index (χ4n) is 1.78. The second kappa shape index (κ2) is 7.29. The molecule has 21 heavy (non-hydrogen) atoms. The van der Waals surface area contributed by atoms with E-state index in [4.69, 9.17) is 16.3 Å². The highest BCUT2D eigenvalue weighted by Gasteiger charge is 2.15. The largest absolute Gasteiger partial charge is 0.491 e. The predicted octanol–water partition coefficient (Wildman–Crippen LogP) is 5.52. The zero-order valence-electron chi connectivity index (χ0n) is 11.1. The maximum atomic E-state index is 12.4. The molecule has 0 aliphatic carbocycles. The van der Waals surface area contributed by atoms with Crippen LogP contribution in [0.5, 0.6) is 5.75 Å². The molecule has 0 saturated carbocycles. The van der Waals surface area contributed by atoms with Gasteiger partial charge >= 0.3 is 0 Å². The van der Waals surface area contributed by atoms with Crippen LogP contribution in [0.25, 0.3) is 0 Å². The van der Waals surface area contributed by atoms with E-state index in [2.05, 4.69) is 37.2 Å². The first kappa shape index (κ1) is 16.3. The number of ether oxygens (including phenoxy) is 1. The molecule has 0 aromatic heterocycles. The molecule has 1 N–H and O–H groups in total. The standard InChI is InChI=1S/C15H12Br2ClNO2/c1-2-21-14-12(17)7-9(18)8-13(14)19-15(20)10-5-3-4-6-11(10)16/h3-8H,2H2,1H3,(H,19,20). The van der Waals surface area contributed by atoms with Crippen LogP contribution in [0.15, 0.2) is 45.3 Å². The summed E-state index contributed by atoms with van der Waals surface area (Å²) < 4.78 is 6.98. The molecule has 3 nitrogen and oxygen atoms in total. The SMILES string of the molecule is CCOc1c(Br)cc(Cl)cc1NC(=O)c1ccccc1Br. The quantitative estimate of drug-likeness (QED) is 0.690. The van der Waals surface area contributed by atoms with E-state index in [1.165, 1.54) is 0 Å². The molecule has 2 aromatic rings. The lowest BCUT2D eigenvalue weighted by molar-refractivity contribution is 0.102. The van der Waals surface area contributed by atoms with Gasteiger partial charge in [-0.1, -0.05) is 23.7 Å². The van der Waals surface area contributed by atoms with Gasteiger partial charge in [-0.3, -0.25) is 4.79 Å². The maximum Gasteiger partial charge on any atom is 0.256 e. The van der Waals surface area contributed by atoms with Crippen LogP contribution < -0.4 is 10.1 Å². The average molecular weight is 434 g/mol. The smallest absolute Gasteiger partial charge is 0.256 e. The minimum atomic E-state index is -0.238. The van der Waals surface area contributed by atoms with Crippen molar-refractivity contribution in [2.45, 2.75) is 6.92 Å². The van der Waals surface area contributed by atoms with Crippen molar-refractivity contribution >= 4 is 55.1 Å². The van der Waals surface area contributed by atoms with Crippen molar-refractivity contribution in [2.24, 2.45) is 0 Å². The molecule has 0 saturated heterocycles. The second-order valence-electron chi connectivity index (χ2n) is 4.13. The first-order valence-corrected chi connectivity index (χ1v) is 8.17. The van der Waals surface area contributed by atoms with Crippen molar-refractivity contribution in [3.8, 4) is 5.75 Å². The van der Waals surface area contributed by atoms with Crippen LogP contribution in [0.4, 0.5) is 5.69 Å². The molecule has 2 aromatic carbocycles. The van der Waals surface area contributed by atoms with Crippen LogP contribution in [0, 0.1) is 0 Å². The van der Waals surface area contributed by atoms with Crippen LogP contribution in [0.3, 0.4) is 0 Å². The minimum absolute atomic E-state index is 0.238. The lowest BCUT2D eigenvalue weighted by Crippen LogP contribution is -2.13. The Morgan fingerprint density at radius 1 is 1.24 bits per heavy atom. The number of rotatable bonds is 4. The summed E-state index contributed by atoms with van der Waals surface area (Å²) in [6, 6.07) is 10.6. The van der Waals surface area contributed by atoms with Crippen molar-refractivity contribution in [2.75, 3.05) is 11.9 Å². The summed E-state index contributed by atoms with van der Waals surface area (Å²) >= 11 is 12.8. The Morgan fingerprint density at radius 2 is 1.95 bits per heavy atom. The van der Waals surface area contributed by atoms with E-state index < -0.39 is 0 Å². The van der Waals surface area contributed by atoms with Gasteiger partial charge in [0.05, 0.1) is 22.3 Å². The summed E-state index contributed by atoms with van der Waals surface area (Å²) in [4.78, 5) is 12.4. The molecule has 6 heteroatoms. The van der Waals surface area contributed by atoms with Crippen molar-refractivity contribution in [3.05, 3.63) is 55.9 Å². The molecular formula is C15H12Br2ClNO2. The monoisotopic (exact) mass is 431 g/mol. The molecule has 0 fully saturated rings. The number of anilines is 1. The van der Waals surface area contributed by atoms with Crippen LogP contribution in [0.2, 0.25) is 5.02 Å². The highest BCUT2D eigenvalue weighted by Crippen LogP contribution is 2.37. The molecule has 0 radical (unpaired) electrons. The molecule has 0 aliphatic heterocycles. The predicted molar refractivity (Wildman–Crippen MR) is 92.4 cm³/mol. The molecule has 0 aliphatic rings. The number of hydrogen-bond acceptors (Lipinski definition) is 2. The Hall–Kier alpha value is -1.04. The first-order valence-electron chi connectivity index (χ1n) is 6.20. The van der Waals surface area contributed by atoms with Gasteiger partial charge in [0, 0.05) is 9.50 Å². The lowest BCUT2D eigenvalue weighted by Gasteiger charge is -2.14. The van der Waals surface area contributed by atoms with Gasteiger partial charge in [-0.05, 0) is 63.0 Å². The number of hydrogen-bond donors (Lipinski definition) is 1. The molecule has 0 atom stereocenters. The number of nitrogens with one attached hydrogen (secondary N) is 1. The first-order chi connectivity index (χ1) is 10.0. The van der Waals surface area contributed by atoms with Crippen LogP contribution in [-0.4, -0.2) is 12.5 Å². The van der Waals surface area contributed by atoms with Gasteiger partial charge in [-0.15, -0.1) is 0 Å². The van der Waals surface area contributed by atoms with Gasteiger partial charge in [0.1, 0.15) is 0 Å². The zero-order valence-corrected chi connectivity index (χ0v) is 15.0. The lowest BCUT2D eigenvalue weighted by atomic mass is 10.2. The third-order valence-corrected chi connectivity index (χ3v) is 4.16.